The van der Waals surface area contributed by atoms with Crippen LogP contribution in [0.1, 0.15) is 17.7 Å². The van der Waals surface area contributed by atoms with E-state index in [1.54, 1.807) is 0 Å². The third kappa shape index (κ3) is 2.39. The van der Waals surface area contributed by atoms with E-state index in [-0.39, 0.29) is 11.9 Å². The number of amides is 1. The van der Waals surface area contributed by atoms with Crippen LogP contribution in [-0.2, 0) is 24.2 Å². The summed E-state index contributed by atoms with van der Waals surface area (Å²) >= 11 is 0. The van der Waals surface area contributed by atoms with Crippen molar-refractivity contribution in [2.24, 2.45) is 0 Å². The van der Waals surface area contributed by atoms with Gasteiger partial charge in [-0.25, -0.2) is 0 Å². The average Bonchev–Trinajstić information content (AvgIpc) is 3.14. The number of aromatic nitrogens is 3. The fraction of sp³-hybridized carbons (Fsp3) is 0.294. The Morgan fingerprint density at radius 1 is 1.36 bits per heavy atom. The van der Waals surface area contributed by atoms with Gasteiger partial charge in [0.15, 0.2) is 0 Å². The molecule has 1 atom stereocenters. The Morgan fingerprint density at radius 3 is 3.23 bits per heavy atom. The molecule has 5 heteroatoms. The maximum Gasteiger partial charge on any atom is 0.224 e. The monoisotopic (exact) mass is 294 g/mol. The second kappa shape index (κ2) is 5.33. The number of para-hydroxylation sites is 1. The minimum atomic E-state index is 0.0859. The van der Waals surface area contributed by atoms with E-state index in [4.69, 9.17) is 0 Å². The Hall–Kier alpha value is -2.56. The number of carbonyl (C=O) groups is 1. The van der Waals surface area contributed by atoms with Gasteiger partial charge in [-0.2, -0.15) is 5.10 Å². The number of carbonyl (C=O) groups excluding carboxylic acids is 1. The number of hydrogen-bond acceptors (Lipinski definition) is 2. The molecule has 1 unspecified atom stereocenters. The number of rotatable bonds is 3. The zero-order chi connectivity index (χ0) is 14.9. The SMILES string of the molecule is O=C(Cc1c[nH]c2ccccc12)NC1CCn2nccc2C1. The third-order valence-corrected chi connectivity index (χ3v) is 4.34. The molecule has 0 aliphatic carbocycles. The van der Waals surface area contributed by atoms with Gasteiger partial charge in [0, 0.05) is 48.0 Å². The first-order chi connectivity index (χ1) is 10.8. The molecular formula is C17H18N4O. The molecule has 0 bridgehead atoms. The molecule has 0 spiro atoms. The highest BCUT2D eigenvalue weighted by Gasteiger charge is 2.20. The molecule has 112 valence electrons. The standard InChI is InChI=1S/C17H18N4O/c22-17(9-12-11-18-16-4-2-1-3-15(12)16)20-13-6-8-21-14(10-13)5-7-19-21/h1-5,7,11,13,18H,6,8-10H2,(H,20,22). The van der Waals surface area contributed by atoms with Crippen LogP contribution in [0.3, 0.4) is 0 Å². The summed E-state index contributed by atoms with van der Waals surface area (Å²) in [5, 5.41) is 8.55. The lowest BCUT2D eigenvalue weighted by atomic mass is 10.0. The van der Waals surface area contributed by atoms with E-state index < -0.39 is 0 Å². The molecule has 1 aliphatic rings. The van der Waals surface area contributed by atoms with Crippen molar-refractivity contribution in [1.82, 2.24) is 20.1 Å². The summed E-state index contributed by atoms with van der Waals surface area (Å²) in [7, 11) is 0. The molecule has 2 N–H and O–H groups in total. The van der Waals surface area contributed by atoms with Crippen LogP contribution in [0.5, 0.6) is 0 Å². The van der Waals surface area contributed by atoms with Gasteiger partial charge >= 0.3 is 0 Å². The maximum atomic E-state index is 12.3. The summed E-state index contributed by atoms with van der Waals surface area (Å²) in [6, 6.07) is 10.3. The van der Waals surface area contributed by atoms with E-state index in [2.05, 4.69) is 15.4 Å². The van der Waals surface area contributed by atoms with Crippen molar-refractivity contribution in [1.29, 1.82) is 0 Å². The van der Waals surface area contributed by atoms with Crippen LogP contribution in [-0.4, -0.2) is 26.7 Å². The highest BCUT2D eigenvalue weighted by atomic mass is 16.1. The summed E-state index contributed by atoms with van der Waals surface area (Å²) in [6.45, 7) is 0.875. The molecule has 1 amide bonds. The Kier molecular flexibility index (Phi) is 3.18. The number of nitrogens with one attached hydrogen (secondary N) is 2. The first-order valence-electron chi connectivity index (χ1n) is 7.64. The molecular weight excluding hydrogens is 276 g/mol. The molecule has 0 saturated heterocycles. The number of benzene rings is 1. The largest absolute Gasteiger partial charge is 0.361 e. The molecule has 3 aromatic rings. The number of aryl methyl sites for hydroxylation is 1. The van der Waals surface area contributed by atoms with Gasteiger partial charge in [-0.1, -0.05) is 18.2 Å². The molecule has 2 aromatic heterocycles. The quantitative estimate of drug-likeness (QED) is 0.776. The molecule has 22 heavy (non-hydrogen) atoms. The number of aromatic amines is 1. The van der Waals surface area contributed by atoms with Gasteiger partial charge in [0.25, 0.3) is 0 Å². The Bertz CT molecular complexity index is 817. The summed E-state index contributed by atoms with van der Waals surface area (Å²) < 4.78 is 2.02. The van der Waals surface area contributed by atoms with E-state index in [1.165, 1.54) is 5.69 Å². The summed E-state index contributed by atoms with van der Waals surface area (Å²) in [4.78, 5) is 15.5. The van der Waals surface area contributed by atoms with Gasteiger partial charge in [-0.3, -0.25) is 9.48 Å². The summed E-state index contributed by atoms with van der Waals surface area (Å²) in [5.41, 5.74) is 3.32. The first-order valence-corrected chi connectivity index (χ1v) is 7.64. The van der Waals surface area contributed by atoms with Gasteiger partial charge in [0.2, 0.25) is 5.91 Å². The Balaban J connectivity index is 1.43. The average molecular weight is 294 g/mol. The van der Waals surface area contributed by atoms with Crippen LogP contribution >= 0.6 is 0 Å². The predicted molar refractivity (Wildman–Crippen MR) is 84.5 cm³/mol. The van der Waals surface area contributed by atoms with Crippen molar-refractivity contribution in [2.45, 2.75) is 31.8 Å². The summed E-state index contributed by atoms with van der Waals surface area (Å²) in [5.74, 6) is 0.0859. The molecule has 0 fully saturated rings. The molecule has 5 nitrogen and oxygen atoms in total. The van der Waals surface area contributed by atoms with Gasteiger partial charge in [-0.05, 0) is 24.1 Å². The zero-order valence-electron chi connectivity index (χ0n) is 12.2. The van der Waals surface area contributed by atoms with Gasteiger partial charge in [-0.15, -0.1) is 0 Å². The Labute approximate surface area is 128 Å². The summed E-state index contributed by atoms with van der Waals surface area (Å²) in [6.07, 6.45) is 5.97. The van der Waals surface area contributed by atoms with Gasteiger partial charge in [0.1, 0.15) is 0 Å². The van der Waals surface area contributed by atoms with Gasteiger partial charge in [0.05, 0.1) is 6.42 Å². The fourth-order valence-corrected chi connectivity index (χ4v) is 3.22. The lowest BCUT2D eigenvalue weighted by Gasteiger charge is -2.24. The van der Waals surface area contributed by atoms with Crippen LogP contribution in [0.25, 0.3) is 10.9 Å². The van der Waals surface area contributed by atoms with Crippen LogP contribution in [0.2, 0.25) is 0 Å². The predicted octanol–water partition coefficient (Wildman–Crippen LogP) is 2.04. The van der Waals surface area contributed by atoms with Crippen molar-refractivity contribution in [2.75, 3.05) is 0 Å². The molecule has 0 saturated carbocycles. The number of fused-ring (bicyclic) bond motifs is 2. The van der Waals surface area contributed by atoms with E-state index in [0.29, 0.717) is 6.42 Å². The number of nitrogens with zero attached hydrogens (tertiary/aromatic N) is 2. The Morgan fingerprint density at radius 2 is 2.27 bits per heavy atom. The normalized spacial score (nSPS) is 17.4. The highest BCUT2D eigenvalue weighted by molar-refractivity contribution is 5.88. The fourth-order valence-electron chi connectivity index (χ4n) is 3.22. The first kappa shape index (κ1) is 13.1. The molecule has 1 aromatic carbocycles. The lowest BCUT2D eigenvalue weighted by Crippen LogP contribution is -2.40. The number of hydrogen-bond donors (Lipinski definition) is 2. The lowest BCUT2D eigenvalue weighted by molar-refractivity contribution is -0.121. The molecule has 1 aliphatic heterocycles. The second-order valence-corrected chi connectivity index (χ2v) is 5.84. The van der Waals surface area contributed by atoms with Crippen molar-refractivity contribution in [3.8, 4) is 0 Å². The van der Waals surface area contributed by atoms with Crippen LogP contribution in [0.15, 0.2) is 42.7 Å². The van der Waals surface area contributed by atoms with E-state index >= 15 is 0 Å². The van der Waals surface area contributed by atoms with Crippen LogP contribution in [0.4, 0.5) is 0 Å². The van der Waals surface area contributed by atoms with Crippen molar-refractivity contribution < 1.29 is 4.79 Å². The van der Waals surface area contributed by atoms with Crippen molar-refractivity contribution in [3.63, 3.8) is 0 Å². The topological polar surface area (TPSA) is 62.7 Å². The highest BCUT2D eigenvalue weighted by Crippen LogP contribution is 2.19. The van der Waals surface area contributed by atoms with Crippen LogP contribution in [0, 0.1) is 0 Å². The molecule has 3 heterocycles. The second-order valence-electron chi connectivity index (χ2n) is 5.84. The van der Waals surface area contributed by atoms with Crippen LogP contribution < -0.4 is 5.32 Å². The smallest absolute Gasteiger partial charge is 0.224 e. The minimum Gasteiger partial charge on any atom is -0.361 e. The molecule has 4 rings (SSSR count). The van der Waals surface area contributed by atoms with E-state index in [1.807, 2.05) is 47.4 Å². The van der Waals surface area contributed by atoms with Gasteiger partial charge < -0.3 is 10.3 Å². The number of H-pyrrole nitrogens is 1. The zero-order valence-corrected chi connectivity index (χ0v) is 12.2. The van der Waals surface area contributed by atoms with E-state index in [9.17, 15) is 4.79 Å². The third-order valence-electron chi connectivity index (χ3n) is 4.34. The van der Waals surface area contributed by atoms with Crippen molar-refractivity contribution >= 4 is 16.8 Å². The minimum absolute atomic E-state index is 0.0859. The van der Waals surface area contributed by atoms with Crippen molar-refractivity contribution in [3.05, 3.63) is 54.0 Å². The van der Waals surface area contributed by atoms with E-state index in [0.717, 1.165) is 35.9 Å². The molecule has 0 radical (unpaired) electrons. The maximum absolute atomic E-state index is 12.3.